The van der Waals surface area contributed by atoms with Crippen molar-refractivity contribution in [2.45, 2.75) is 31.7 Å². The zero-order valence-corrected chi connectivity index (χ0v) is 22.5. The van der Waals surface area contributed by atoms with Gasteiger partial charge in [0.1, 0.15) is 11.6 Å². The maximum atomic E-state index is 13.7. The van der Waals surface area contributed by atoms with Crippen LogP contribution in [0.25, 0.3) is 0 Å². The van der Waals surface area contributed by atoms with E-state index >= 15 is 0 Å². The van der Waals surface area contributed by atoms with Gasteiger partial charge in [0.15, 0.2) is 11.6 Å². The van der Waals surface area contributed by atoms with Crippen LogP contribution in [0.15, 0.2) is 64.1 Å². The molecule has 1 aliphatic heterocycles. The topological polar surface area (TPSA) is 24.8 Å². The Balaban J connectivity index is 1.64. The van der Waals surface area contributed by atoms with Crippen molar-refractivity contribution >= 4 is 21.8 Å². The monoisotopic (exact) mass is 619 g/mol. The molecule has 1 aliphatic rings. The lowest BCUT2D eigenvalue weighted by Crippen LogP contribution is -2.30. The number of rotatable bonds is 7. The number of aryl methyl sites for hydroxylation is 1. The van der Waals surface area contributed by atoms with Crippen LogP contribution in [0, 0.1) is 11.6 Å². The van der Waals surface area contributed by atoms with Gasteiger partial charge in [0.05, 0.1) is 24.8 Å². The normalized spacial score (nSPS) is 14.1. The fourth-order valence-corrected chi connectivity index (χ4v) is 5.19. The van der Waals surface area contributed by atoms with E-state index in [2.05, 4.69) is 20.9 Å². The predicted molar refractivity (Wildman–Crippen MR) is 133 cm³/mol. The Hall–Kier alpha value is -2.72. The quantitative estimate of drug-likeness (QED) is 0.260. The minimum absolute atomic E-state index is 0.170. The van der Waals surface area contributed by atoms with Gasteiger partial charge in [0.25, 0.3) is 0 Å². The second-order valence-electron chi connectivity index (χ2n) is 8.73. The highest BCUT2D eigenvalue weighted by atomic mass is 79.9. The van der Waals surface area contributed by atoms with Gasteiger partial charge in [-0.25, -0.2) is 0 Å². The minimum atomic E-state index is -4.94. The summed E-state index contributed by atoms with van der Waals surface area (Å²) in [5.74, 6) is 1.19. The summed E-state index contributed by atoms with van der Waals surface area (Å²) in [5, 5.41) is 0.594. The van der Waals surface area contributed by atoms with E-state index in [0.29, 0.717) is 48.4 Å². The van der Waals surface area contributed by atoms with Gasteiger partial charge in [0, 0.05) is 34.8 Å². The average Bonchev–Trinajstić information content (AvgIpc) is 3.30. The van der Waals surface area contributed by atoms with Crippen molar-refractivity contribution in [1.82, 2.24) is 4.90 Å². The zero-order valence-electron chi connectivity index (χ0n) is 20.1. The van der Waals surface area contributed by atoms with Crippen molar-refractivity contribution < 1.29 is 42.7 Å². The molecule has 0 saturated heterocycles. The Labute approximate surface area is 229 Å². The van der Waals surface area contributed by atoms with E-state index in [1.165, 1.54) is 0 Å². The van der Waals surface area contributed by atoms with Gasteiger partial charge in [-0.1, -0.05) is 34.1 Å². The summed E-state index contributed by atoms with van der Waals surface area (Å²) in [4.78, 5) is 6.20. The van der Waals surface area contributed by atoms with Crippen LogP contribution in [-0.4, -0.2) is 30.9 Å². The van der Waals surface area contributed by atoms with Crippen LogP contribution in [0.2, 0.25) is 5.02 Å². The Morgan fingerprint density at radius 1 is 0.947 bits per heavy atom. The van der Waals surface area contributed by atoms with Crippen molar-refractivity contribution in [2.75, 3.05) is 20.2 Å². The number of hydrogen-bond donors (Lipinski definition) is 0. The summed E-state index contributed by atoms with van der Waals surface area (Å²) in [6, 6.07) is 12.8. The highest BCUT2D eigenvalue weighted by Crippen LogP contribution is 2.38. The van der Waals surface area contributed by atoms with E-state index in [4.69, 9.17) is 16.3 Å². The van der Waals surface area contributed by atoms with Crippen LogP contribution in [0.4, 0.5) is 26.3 Å². The first-order valence-corrected chi connectivity index (χ1v) is 12.8. The highest BCUT2D eigenvalue weighted by molar-refractivity contribution is 9.10. The summed E-state index contributed by atoms with van der Waals surface area (Å²) in [6.07, 6.45) is -8.70. The molecule has 0 aromatic heterocycles. The van der Waals surface area contributed by atoms with Crippen molar-refractivity contribution in [3.8, 4) is 5.75 Å². The maximum Gasteiger partial charge on any atom is 0.416 e. The molecule has 3 nitrogen and oxygen atoms in total. The number of alkyl halides is 6. The van der Waals surface area contributed by atoms with Crippen LogP contribution in [0.5, 0.6) is 5.75 Å². The molecule has 3 aromatic rings. The molecular formula is C27H23BrClF6N2O+. The number of amidine groups is 1. The van der Waals surface area contributed by atoms with Crippen LogP contribution < -0.4 is 4.74 Å². The molecule has 0 amide bonds. The number of hydrogen-bond acceptors (Lipinski definition) is 3. The summed E-state index contributed by atoms with van der Waals surface area (Å²) < 4.78 is 86.9. The van der Waals surface area contributed by atoms with Crippen LogP contribution in [-0.2, 0) is 31.7 Å². The van der Waals surface area contributed by atoms with Gasteiger partial charge in [-0.2, -0.15) is 26.3 Å². The molecular weight excluding hydrogens is 598 g/mol. The Morgan fingerprint density at radius 3 is 2.39 bits per heavy atom. The molecule has 0 spiro atoms. The smallest absolute Gasteiger partial charge is 0.416 e. The molecule has 11 heteroatoms. The van der Waals surface area contributed by atoms with Crippen LogP contribution >= 0.6 is 15.9 Å². The van der Waals surface area contributed by atoms with Crippen LogP contribution in [0.1, 0.15) is 33.4 Å². The third-order valence-corrected chi connectivity index (χ3v) is 7.17. The van der Waals surface area contributed by atoms with E-state index in [1.54, 1.807) is 24.1 Å². The average molecular weight is 621 g/mol. The molecule has 0 atom stereocenters. The van der Waals surface area contributed by atoms with Gasteiger partial charge < -0.3 is 9.64 Å². The van der Waals surface area contributed by atoms with E-state index in [1.807, 2.05) is 24.3 Å². The van der Waals surface area contributed by atoms with Gasteiger partial charge >= 0.3 is 12.4 Å². The number of halogens is 8. The molecule has 0 bridgehead atoms. The number of ether oxygens (including phenoxy) is 1. The Morgan fingerprint density at radius 2 is 1.71 bits per heavy atom. The molecule has 0 fully saturated rings. The molecule has 0 N–H and O–H groups in total. The van der Waals surface area contributed by atoms with E-state index < -0.39 is 23.5 Å². The fourth-order valence-electron chi connectivity index (χ4n) is 4.49. The molecule has 1 heterocycles. The number of aliphatic imine (C=N–C) groups is 1. The largest absolute Gasteiger partial charge is 0.496 e. The number of benzene rings is 3. The van der Waals surface area contributed by atoms with Gasteiger partial charge in [0.2, 0.25) is 5.02 Å². The lowest BCUT2D eigenvalue weighted by atomic mass is 9.97. The van der Waals surface area contributed by atoms with Gasteiger partial charge in [-0.3, -0.25) is 4.99 Å². The molecule has 3 aromatic carbocycles. The minimum Gasteiger partial charge on any atom is -0.496 e. The maximum absolute atomic E-state index is 13.7. The first-order chi connectivity index (χ1) is 17.9. The summed E-state index contributed by atoms with van der Waals surface area (Å²) >= 11 is 9.06. The second kappa shape index (κ2) is 11.2. The highest BCUT2D eigenvalue weighted by Gasteiger charge is 2.38. The Bertz CT molecular complexity index is 1360. The van der Waals surface area contributed by atoms with Gasteiger partial charge in [-0.05, 0) is 54.3 Å². The molecule has 0 radical (unpaired) electrons. The standard InChI is InChI=1S/C27H23BrClF6N2O/c1-38-24-10-8-19(28)13-16(24)6-9-20-21(3-2-4-23(20)29)25-36-11-12-37(25)15-17-5-7-18(26(30,31)32)14-22(17)27(33,34)35/h2-5,7-8,10,13-14,29H,6,9,11-12,15H2,1H3/q+1. The first-order valence-electron chi connectivity index (χ1n) is 11.6. The Kier molecular flexibility index (Phi) is 8.32. The van der Waals surface area contributed by atoms with E-state index in [0.717, 1.165) is 27.4 Å². The van der Waals surface area contributed by atoms with Crippen LogP contribution in [0.3, 0.4) is 0 Å². The molecule has 0 saturated carbocycles. The first kappa shape index (κ1) is 28.3. The summed E-state index contributed by atoms with van der Waals surface area (Å²) in [7, 11) is 1.58. The molecule has 0 aliphatic carbocycles. The van der Waals surface area contributed by atoms with E-state index in [9.17, 15) is 26.3 Å². The molecule has 202 valence electrons. The predicted octanol–water partition coefficient (Wildman–Crippen LogP) is 7.24. The van der Waals surface area contributed by atoms with Crippen molar-refractivity contribution in [2.24, 2.45) is 4.99 Å². The van der Waals surface area contributed by atoms with Crippen molar-refractivity contribution in [3.63, 3.8) is 0 Å². The van der Waals surface area contributed by atoms with E-state index in [-0.39, 0.29) is 18.2 Å². The zero-order chi connectivity index (χ0) is 27.7. The number of methoxy groups -OCH3 is 1. The number of nitrogens with zero attached hydrogens (tertiary/aromatic N) is 2. The lowest BCUT2D eigenvalue weighted by Gasteiger charge is -2.24. The summed E-state index contributed by atoms with van der Waals surface area (Å²) in [6.45, 7) is 0.429. The molecule has 4 rings (SSSR count). The van der Waals surface area contributed by atoms with Crippen molar-refractivity contribution in [1.29, 1.82) is 0 Å². The van der Waals surface area contributed by atoms with Gasteiger partial charge in [-0.15, -0.1) is 0 Å². The SMILES string of the molecule is COc1ccc(Br)cc1CCc1c([ClH+])cccc1C1=NCCN1Cc1ccc(C(F)(F)F)cc1C(F)(F)F. The third-order valence-electron chi connectivity index (χ3n) is 6.30. The molecule has 0 unspecified atom stereocenters. The third kappa shape index (κ3) is 6.29. The lowest BCUT2D eigenvalue weighted by molar-refractivity contribution is -0.290. The summed E-state index contributed by atoms with van der Waals surface area (Å²) in [5.41, 5.74) is -0.431. The van der Waals surface area contributed by atoms with Crippen molar-refractivity contribution in [3.05, 3.63) is 97.5 Å². The fraction of sp³-hybridized carbons (Fsp3) is 0.296. The molecule has 38 heavy (non-hydrogen) atoms. The second-order valence-corrected chi connectivity index (χ2v) is 10.1.